The lowest BCUT2D eigenvalue weighted by atomic mass is 10.1. The Bertz CT molecular complexity index is 232. The molecule has 1 amide bonds. The third kappa shape index (κ3) is 3.40. The molecule has 0 aromatic heterocycles. The Morgan fingerprint density at radius 2 is 2.07 bits per heavy atom. The molecule has 0 spiro atoms. The largest absolute Gasteiger partial charge is 0.444 e. The Morgan fingerprint density at radius 1 is 1.47 bits per heavy atom. The predicted octanol–water partition coefficient (Wildman–Crippen LogP) is 3.04. The van der Waals surface area contributed by atoms with E-state index < -0.39 is 0 Å². The van der Waals surface area contributed by atoms with Gasteiger partial charge in [0.05, 0.1) is 0 Å². The van der Waals surface area contributed by atoms with Gasteiger partial charge in [0.2, 0.25) is 0 Å². The average molecular weight is 213 g/mol. The van der Waals surface area contributed by atoms with Crippen LogP contribution < -0.4 is 0 Å². The van der Waals surface area contributed by atoms with E-state index in [1.807, 2.05) is 25.7 Å². The highest BCUT2D eigenvalue weighted by atomic mass is 16.6. The van der Waals surface area contributed by atoms with Crippen LogP contribution in [0.5, 0.6) is 0 Å². The van der Waals surface area contributed by atoms with Gasteiger partial charge in [-0.15, -0.1) is 0 Å². The van der Waals surface area contributed by atoms with E-state index >= 15 is 0 Å². The first kappa shape index (κ1) is 12.3. The van der Waals surface area contributed by atoms with Crippen LogP contribution in [0.15, 0.2) is 0 Å². The topological polar surface area (TPSA) is 29.5 Å². The standard InChI is InChI=1S/C12H23NO2/c1-6-10-7-9(2)8-13(10)11(14)15-12(3,4)5/h9-10H,6-8H2,1-5H3/t9-,10+/m0/s1. The second-order valence-electron chi connectivity index (χ2n) is 5.54. The number of rotatable bonds is 1. The van der Waals surface area contributed by atoms with Gasteiger partial charge in [0.15, 0.2) is 0 Å². The summed E-state index contributed by atoms with van der Waals surface area (Å²) in [6.07, 6.45) is 1.97. The zero-order valence-electron chi connectivity index (χ0n) is 10.5. The van der Waals surface area contributed by atoms with Crippen molar-refractivity contribution >= 4 is 6.09 Å². The second kappa shape index (κ2) is 4.42. The second-order valence-corrected chi connectivity index (χ2v) is 5.54. The fourth-order valence-electron chi connectivity index (χ4n) is 2.08. The molecular weight excluding hydrogens is 190 g/mol. The summed E-state index contributed by atoms with van der Waals surface area (Å²) in [5, 5.41) is 0. The molecule has 1 aliphatic heterocycles. The van der Waals surface area contributed by atoms with E-state index in [4.69, 9.17) is 4.74 Å². The number of nitrogens with zero attached hydrogens (tertiary/aromatic N) is 1. The molecular formula is C12H23NO2. The lowest BCUT2D eigenvalue weighted by Crippen LogP contribution is -2.39. The molecule has 1 rings (SSSR count). The Balaban J connectivity index is 2.59. The number of amides is 1. The summed E-state index contributed by atoms with van der Waals surface area (Å²) in [6, 6.07) is 0.370. The maximum Gasteiger partial charge on any atom is 0.410 e. The minimum atomic E-state index is -0.388. The summed E-state index contributed by atoms with van der Waals surface area (Å²) in [5.74, 6) is 0.600. The van der Waals surface area contributed by atoms with E-state index in [9.17, 15) is 4.79 Å². The summed E-state index contributed by atoms with van der Waals surface area (Å²) in [6.45, 7) is 10.9. The van der Waals surface area contributed by atoms with Crippen LogP contribution in [0.4, 0.5) is 4.79 Å². The number of likely N-dealkylation sites (tertiary alicyclic amines) is 1. The molecule has 0 radical (unpaired) electrons. The Kier molecular flexibility index (Phi) is 3.63. The maximum atomic E-state index is 11.9. The van der Waals surface area contributed by atoms with Gasteiger partial charge in [-0.05, 0) is 39.5 Å². The SMILES string of the molecule is CC[C@@H]1C[C@H](C)CN1C(=O)OC(C)(C)C. The van der Waals surface area contributed by atoms with Gasteiger partial charge in [-0.2, -0.15) is 0 Å². The van der Waals surface area contributed by atoms with E-state index in [1.54, 1.807) is 0 Å². The summed E-state index contributed by atoms with van der Waals surface area (Å²) in [5.41, 5.74) is -0.388. The molecule has 1 heterocycles. The number of carbonyl (C=O) groups is 1. The zero-order valence-corrected chi connectivity index (χ0v) is 10.5. The minimum Gasteiger partial charge on any atom is -0.444 e. The first-order valence-electron chi connectivity index (χ1n) is 5.83. The molecule has 0 aliphatic carbocycles. The summed E-state index contributed by atoms with van der Waals surface area (Å²) in [7, 11) is 0. The van der Waals surface area contributed by atoms with Gasteiger partial charge >= 0.3 is 6.09 Å². The molecule has 0 saturated carbocycles. The normalized spacial score (nSPS) is 26.9. The van der Waals surface area contributed by atoms with Crippen LogP contribution in [-0.2, 0) is 4.74 Å². The maximum absolute atomic E-state index is 11.9. The fourth-order valence-corrected chi connectivity index (χ4v) is 2.08. The minimum absolute atomic E-state index is 0.154. The van der Waals surface area contributed by atoms with E-state index in [0.717, 1.165) is 19.4 Å². The molecule has 0 N–H and O–H groups in total. The van der Waals surface area contributed by atoms with Gasteiger partial charge in [0, 0.05) is 12.6 Å². The van der Waals surface area contributed by atoms with Crippen molar-refractivity contribution in [2.45, 2.75) is 59.1 Å². The number of ether oxygens (including phenoxy) is 1. The van der Waals surface area contributed by atoms with Crippen molar-refractivity contribution in [1.29, 1.82) is 0 Å². The van der Waals surface area contributed by atoms with Gasteiger partial charge in [0.1, 0.15) is 5.60 Å². The van der Waals surface area contributed by atoms with Gasteiger partial charge in [-0.3, -0.25) is 0 Å². The van der Waals surface area contributed by atoms with Crippen LogP contribution in [-0.4, -0.2) is 29.2 Å². The smallest absolute Gasteiger partial charge is 0.410 e. The van der Waals surface area contributed by atoms with Crippen molar-refractivity contribution in [2.24, 2.45) is 5.92 Å². The highest BCUT2D eigenvalue weighted by Crippen LogP contribution is 2.26. The number of hydrogen-bond acceptors (Lipinski definition) is 2. The van der Waals surface area contributed by atoms with Crippen LogP contribution in [0.25, 0.3) is 0 Å². The van der Waals surface area contributed by atoms with Gasteiger partial charge < -0.3 is 9.64 Å². The monoisotopic (exact) mass is 213 g/mol. The van der Waals surface area contributed by atoms with Crippen molar-refractivity contribution in [3.8, 4) is 0 Å². The third-order valence-electron chi connectivity index (χ3n) is 2.72. The van der Waals surface area contributed by atoms with Crippen LogP contribution in [0.1, 0.15) is 47.5 Å². The first-order valence-corrected chi connectivity index (χ1v) is 5.83. The van der Waals surface area contributed by atoms with Crippen molar-refractivity contribution in [1.82, 2.24) is 4.90 Å². The Labute approximate surface area is 92.8 Å². The Hall–Kier alpha value is -0.730. The molecule has 0 aromatic rings. The zero-order chi connectivity index (χ0) is 11.6. The molecule has 1 aliphatic rings. The molecule has 88 valence electrons. The Morgan fingerprint density at radius 3 is 2.53 bits per heavy atom. The molecule has 0 unspecified atom stereocenters. The lowest BCUT2D eigenvalue weighted by Gasteiger charge is -2.28. The molecule has 15 heavy (non-hydrogen) atoms. The molecule has 2 atom stereocenters. The van der Waals surface area contributed by atoms with E-state index in [2.05, 4.69) is 13.8 Å². The van der Waals surface area contributed by atoms with E-state index in [-0.39, 0.29) is 11.7 Å². The molecule has 0 aromatic carbocycles. The predicted molar refractivity (Wildman–Crippen MR) is 60.8 cm³/mol. The molecule has 1 fully saturated rings. The van der Waals surface area contributed by atoms with Crippen molar-refractivity contribution in [3.63, 3.8) is 0 Å². The molecule has 0 bridgehead atoms. The number of carbonyl (C=O) groups excluding carboxylic acids is 1. The van der Waals surface area contributed by atoms with Crippen LogP contribution in [0, 0.1) is 5.92 Å². The van der Waals surface area contributed by atoms with Crippen molar-refractivity contribution in [3.05, 3.63) is 0 Å². The first-order chi connectivity index (χ1) is 6.83. The van der Waals surface area contributed by atoms with Gasteiger partial charge in [-0.1, -0.05) is 13.8 Å². The van der Waals surface area contributed by atoms with Gasteiger partial charge in [0.25, 0.3) is 0 Å². The summed E-state index contributed by atoms with van der Waals surface area (Å²) in [4.78, 5) is 13.8. The van der Waals surface area contributed by atoms with E-state index in [0.29, 0.717) is 12.0 Å². The van der Waals surface area contributed by atoms with Crippen LogP contribution in [0.3, 0.4) is 0 Å². The lowest BCUT2D eigenvalue weighted by molar-refractivity contribution is 0.0219. The average Bonchev–Trinajstić information content (AvgIpc) is 2.43. The summed E-state index contributed by atoms with van der Waals surface area (Å²) >= 11 is 0. The van der Waals surface area contributed by atoms with Crippen LogP contribution >= 0.6 is 0 Å². The van der Waals surface area contributed by atoms with Crippen molar-refractivity contribution in [2.75, 3.05) is 6.54 Å². The molecule has 3 heteroatoms. The quantitative estimate of drug-likeness (QED) is 0.670. The van der Waals surface area contributed by atoms with E-state index in [1.165, 1.54) is 0 Å². The number of hydrogen-bond donors (Lipinski definition) is 0. The highest BCUT2D eigenvalue weighted by Gasteiger charge is 2.34. The molecule has 3 nitrogen and oxygen atoms in total. The van der Waals surface area contributed by atoms with Crippen LogP contribution in [0.2, 0.25) is 0 Å². The summed E-state index contributed by atoms with van der Waals surface area (Å²) < 4.78 is 5.39. The van der Waals surface area contributed by atoms with Gasteiger partial charge in [-0.25, -0.2) is 4.79 Å². The molecule has 1 saturated heterocycles. The van der Waals surface area contributed by atoms with Crippen molar-refractivity contribution < 1.29 is 9.53 Å². The highest BCUT2D eigenvalue weighted by molar-refractivity contribution is 5.69. The fraction of sp³-hybridized carbons (Fsp3) is 0.917. The third-order valence-corrected chi connectivity index (χ3v) is 2.72.